The van der Waals surface area contributed by atoms with Gasteiger partial charge in [-0.1, -0.05) is 11.6 Å². The van der Waals surface area contributed by atoms with Gasteiger partial charge in [-0.2, -0.15) is 11.8 Å². The fraction of sp³-hybridized carbons (Fsp3) is 0.556. The van der Waals surface area contributed by atoms with Gasteiger partial charge in [0, 0.05) is 11.8 Å². The first kappa shape index (κ1) is 12.4. The van der Waals surface area contributed by atoms with Crippen molar-refractivity contribution in [1.82, 2.24) is 9.97 Å². The van der Waals surface area contributed by atoms with E-state index in [4.69, 9.17) is 16.3 Å². The lowest BCUT2D eigenvalue weighted by Gasteiger charge is -2.15. The van der Waals surface area contributed by atoms with E-state index < -0.39 is 0 Å². The number of methoxy groups -OCH3 is 1. The van der Waals surface area contributed by atoms with E-state index in [0.717, 1.165) is 5.75 Å². The van der Waals surface area contributed by atoms with Gasteiger partial charge in [0.25, 0.3) is 0 Å². The van der Waals surface area contributed by atoms with Gasteiger partial charge in [0.2, 0.25) is 0 Å². The molecule has 0 saturated carbocycles. The molecule has 0 aliphatic carbocycles. The van der Waals surface area contributed by atoms with Crippen molar-refractivity contribution >= 4 is 29.2 Å². The summed E-state index contributed by atoms with van der Waals surface area (Å²) in [6, 6.07) is 0.305. The number of halogens is 1. The quantitative estimate of drug-likeness (QED) is 0.809. The Morgan fingerprint density at radius 1 is 1.60 bits per heavy atom. The topological polar surface area (TPSA) is 47.0 Å². The SMILES string of the molecule is COc1c(Cl)ncnc1NC(C)CSC. The molecule has 0 saturated heterocycles. The van der Waals surface area contributed by atoms with Crippen molar-refractivity contribution in [2.24, 2.45) is 0 Å². The van der Waals surface area contributed by atoms with Crippen molar-refractivity contribution in [2.75, 3.05) is 24.4 Å². The first-order chi connectivity index (χ1) is 7.19. The second-order valence-electron chi connectivity index (χ2n) is 3.05. The molecule has 1 aromatic heterocycles. The highest BCUT2D eigenvalue weighted by molar-refractivity contribution is 7.98. The lowest BCUT2D eigenvalue weighted by atomic mass is 10.4. The van der Waals surface area contributed by atoms with Crippen LogP contribution in [0.5, 0.6) is 5.75 Å². The van der Waals surface area contributed by atoms with Gasteiger partial charge in [-0.15, -0.1) is 0 Å². The minimum absolute atomic E-state index is 0.305. The molecule has 1 unspecified atom stereocenters. The first-order valence-corrected chi connectivity index (χ1v) is 6.26. The Morgan fingerprint density at radius 2 is 2.33 bits per heavy atom. The molecule has 0 aliphatic heterocycles. The fourth-order valence-corrected chi connectivity index (χ4v) is 1.95. The van der Waals surface area contributed by atoms with Crippen LogP contribution in [0.1, 0.15) is 6.92 Å². The molecule has 6 heteroatoms. The van der Waals surface area contributed by atoms with E-state index in [1.54, 1.807) is 18.9 Å². The van der Waals surface area contributed by atoms with Gasteiger partial charge in [0.05, 0.1) is 7.11 Å². The Balaban J connectivity index is 2.80. The first-order valence-electron chi connectivity index (χ1n) is 4.49. The molecular weight excluding hydrogens is 234 g/mol. The van der Waals surface area contributed by atoms with E-state index in [2.05, 4.69) is 28.5 Å². The van der Waals surface area contributed by atoms with Gasteiger partial charge >= 0.3 is 0 Å². The van der Waals surface area contributed by atoms with Gasteiger partial charge in [-0.3, -0.25) is 0 Å². The monoisotopic (exact) mass is 247 g/mol. The minimum atomic E-state index is 0.305. The summed E-state index contributed by atoms with van der Waals surface area (Å²) in [5, 5.41) is 3.55. The van der Waals surface area contributed by atoms with Crippen molar-refractivity contribution < 1.29 is 4.74 Å². The predicted octanol–water partition coefficient (Wildman–Crippen LogP) is 2.30. The molecule has 15 heavy (non-hydrogen) atoms. The molecule has 4 nitrogen and oxygen atoms in total. The van der Waals surface area contributed by atoms with Crippen LogP contribution in [0.25, 0.3) is 0 Å². The highest BCUT2D eigenvalue weighted by atomic mass is 35.5. The smallest absolute Gasteiger partial charge is 0.198 e. The van der Waals surface area contributed by atoms with Crippen molar-refractivity contribution in [3.8, 4) is 5.75 Å². The average Bonchev–Trinajstić information content (AvgIpc) is 2.18. The van der Waals surface area contributed by atoms with Crippen LogP contribution >= 0.6 is 23.4 Å². The number of nitrogens with zero attached hydrogens (tertiary/aromatic N) is 2. The zero-order valence-electron chi connectivity index (χ0n) is 8.95. The molecule has 1 heterocycles. The molecule has 1 rings (SSSR count). The van der Waals surface area contributed by atoms with Crippen LogP contribution in [-0.2, 0) is 0 Å². The van der Waals surface area contributed by atoms with Crippen LogP contribution in [0.4, 0.5) is 5.82 Å². The zero-order valence-corrected chi connectivity index (χ0v) is 10.5. The van der Waals surface area contributed by atoms with Crippen LogP contribution in [-0.4, -0.2) is 35.1 Å². The maximum absolute atomic E-state index is 5.87. The summed E-state index contributed by atoms with van der Waals surface area (Å²) in [5.74, 6) is 2.12. The van der Waals surface area contributed by atoms with Gasteiger partial charge in [-0.05, 0) is 13.2 Å². The van der Waals surface area contributed by atoms with Gasteiger partial charge in [0.15, 0.2) is 16.7 Å². The standard InChI is InChI=1S/C9H14ClN3OS/c1-6(4-15-3)13-9-7(14-2)8(10)11-5-12-9/h5-6H,4H2,1-3H3,(H,11,12,13). The lowest BCUT2D eigenvalue weighted by Crippen LogP contribution is -2.19. The van der Waals surface area contributed by atoms with Crippen LogP contribution in [0.3, 0.4) is 0 Å². The van der Waals surface area contributed by atoms with E-state index in [0.29, 0.717) is 22.8 Å². The number of hydrogen-bond donors (Lipinski definition) is 1. The lowest BCUT2D eigenvalue weighted by molar-refractivity contribution is 0.412. The second kappa shape index (κ2) is 6.02. The number of aromatic nitrogens is 2. The van der Waals surface area contributed by atoms with Crippen molar-refractivity contribution in [3.05, 3.63) is 11.5 Å². The summed E-state index contributed by atoms with van der Waals surface area (Å²) in [4.78, 5) is 7.94. The zero-order chi connectivity index (χ0) is 11.3. The highest BCUT2D eigenvalue weighted by Gasteiger charge is 2.11. The molecule has 0 fully saturated rings. The molecular formula is C9H14ClN3OS. The maximum Gasteiger partial charge on any atom is 0.198 e. The third kappa shape index (κ3) is 3.43. The predicted molar refractivity (Wildman–Crippen MR) is 65.1 cm³/mol. The summed E-state index contributed by atoms with van der Waals surface area (Å²) in [7, 11) is 1.55. The Kier molecular flexibility index (Phi) is 4.98. The summed E-state index contributed by atoms with van der Waals surface area (Å²) in [5.41, 5.74) is 0. The molecule has 1 aromatic rings. The van der Waals surface area contributed by atoms with Gasteiger partial charge in [0.1, 0.15) is 6.33 Å². The van der Waals surface area contributed by atoms with E-state index in [1.807, 2.05) is 0 Å². The third-order valence-corrected chi connectivity index (χ3v) is 2.87. The summed E-state index contributed by atoms with van der Waals surface area (Å²) in [6.45, 7) is 2.08. The normalized spacial score (nSPS) is 12.3. The molecule has 0 amide bonds. The van der Waals surface area contributed by atoms with Crippen molar-refractivity contribution in [1.29, 1.82) is 0 Å². The average molecular weight is 248 g/mol. The molecule has 0 bridgehead atoms. The number of hydrogen-bond acceptors (Lipinski definition) is 5. The van der Waals surface area contributed by atoms with E-state index >= 15 is 0 Å². The molecule has 0 radical (unpaired) electrons. The Morgan fingerprint density at radius 3 is 2.93 bits per heavy atom. The summed E-state index contributed by atoms with van der Waals surface area (Å²) < 4.78 is 5.13. The number of rotatable bonds is 5. The van der Waals surface area contributed by atoms with Crippen molar-refractivity contribution in [3.63, 3.8) is 0 Å². The van der Waals surface area contributed by atoms with E-state index in [1.165, 1.54) is 6.33 Å². The summed E-state index contributed by atoms with van der Waals surface area (Å²) in [6.07, 6.45) is 3.47. The van der Waals surface area contributed by atoms with Crippen molar-refractivity contribution in [2.45, 2.75) is 13.0 Å². The second-order valence-corrected chi connectivity index (χ2v) is 4.32. The Labute approximate surface area is 98.8 Å². The molecule has 1 atom stereocenters. The minimum Gasteiger partial charge on any atom is -0.490 e. The molecule has 0 spiro atoms. The Bertz CT molecular complexity index is 324. The molecule has 0 aromatic carbocycles. The van der Waals surface area contributed by atoms with E-state index in [-0.39, 0.29) is 0 Å². The number of anilines is 1. The molecule has 1 N–H and O–H groups in total. The summed E-state index contributed by atoms with van der Waals surface area (Å²) >= 11 is 7.64. The third-order valence-electron chi connectivity index (χ3n) is 1.76. The van der Waals surface area contributed by atoms with Crippen LogP contribution in [0, 0.1) is 0 Å². The van der Waals surface area contributed by atoms with Crippen LogP contribution in [0.2, 0.25) is 5.15 Å². The highest BCUT2D eigenvalue weighted by Crippen LogP contribution is 2.28. The van der Waals surface area contributed by atoms with Gasteiger partial charge in [-0.25, -0.2) is 9.97 Å². The Hall–Kier alpha value is -0.680. The van der Waals surface area contributed by atoms with E-state index in [9.17, 15) is 0 Å². The number of nitrogens with one attached hydrogen (secondary N) is 1. The molecule has 84 valence electrons. The fourth-order valence-electron chi connectivity index (χ4n) is 1.16. The van der Waals surface area contributed by atoms with Crippen LogP contribution < -0.4 is 10.1 Å². The number of ether oxygens (including phenoxy) is 1. The van der Waals surface area contributed by atoms with Gasteiger partial charge < -0.3 is 10.1 Å². The van der Waals surface area contributed by atoms with Crippen LogP contribution in [0.15, 0.2) is 6.33 Å². The number of thioether (sulfide) groups is 1. The largest absolute Gasteiger partial charge is 0.490 e. The molecule has 0 aliphatic rings. The maximum atomic E-state index is 5.87.